The first-order valence-corrected chi connectivity index (χ1v) is 9.30. The van der Waals surface area contributed by atoms with Gasteiger partial charge in [-0.15, -0.1) is 0 Å². The van der Waals surface area contributed by atoms with Crippen molar-refractivity contribution >= 4 is 5.97 Å². The van der Waals surface area contributed by atoms with Gasteiger partial charge < -0.3 is 9.64 Å². The third kappa shape index (κ3) is 5.34. The zero-order valence-electron chi connectivity index (χ0n) is 16.0. The molecule has 0 aliphatic heterocycles. The van der Waals surface area contributed by atoms with E-state index in [1.165, 1.54) is 32.1 Å². The minimum Gasteiger partial charge on any atom is -0.456 e. The van der Waals surface area contributed by atoms with E-state index in [-0.39, 0.29) is 5.97 Å². The number of carbonyl (C=O) groups is 1. The van der Waals surface area contributed by atoms with Crippen LogP contribution in [0.15, 0.2) is 24.3 Å². The minimum atomic E-state index is -0.466. The van der Waals surface area contributed by atoms with Gasteiger partial charge in [0.15, 0.2) is 0 Å². The Morgan fingerprint density at radius 1 is 1.21 bits per heavy atom. The third-order valence-corrected chi connectivity index (χ3v) is 4.87. The number of rotatable bonds is 5. The van der Waals surface area contributed by atoms with Gasteiger partial charge in [0.2, 0.25) is 0 Å². The van der Waals surface area contributed by atoms with Gasteiger partial charge in [0.25, 0.3) is 0 Å². The number of carbonyl (C=O) groups excluding carboxylic acids is 1. The van der Waals surface area contributed by atoms with Gasteiger partial charge in [-0.05, 0) is 58.2 Å². The van der Waals surface area contributed by atoms with Crippen LogP contribution in [0.25, 0.3) is 0 Å². The zero-order chi connectivity index (χ0) is 17.7. The molecule has 24 heavy (non-hydrogen) atoms. The van der Waals surface area contributed by atoms with Crippen LogP contribution in [-0.4, -0.2) is 36.1 Å². The van der Waals surface area contributed by atoms with Gasteiger partial charge in [-0.1, -0.05) is 44.4 Å². The van der Waals surface area contributed by atoms with Crippen molar-refractivity contribution in [3.05, 3.63) is 35.4 Å². The number of hydrogen-bond donors (Lipinski definition) is 0. The fraction of sp³-hybridized carbons (Fsp3) is 0.667. The average Bonchev–Trinajstić information content (AvgIpc) is 2.54. The number of ether oxygens (including phenoxy) is 1. The van der Waals surface area contributed by atoms with Crippen molar-refractivity contribution in [2.24, 2.45) is 0 Å². The van der Waals surface area contributed by atoms with E-state index in [0.29, 0.717) is 17.5 Å². The van der Waals surface area contributed by atoms with E-state index >= 15 is 0 Å². The number of nitrogens with zero attached hydrogens (tertiary/aromatic N) is 1. The molecule has 2 rings (SSSR count). The molecule has 0 bridgehead atoms. The van der Waals surface area contributed by atoms with E-state index in [1.54, 1.807) is 0 Å². The van der Waals surface area contributed by atoms with Gasteiger partial charge >= 0.3 is 5.97 Å². The summed E-state index contributed by atoms with van der Waals surface area (Å²) < 4.78 is 5.58. The minimum absolute atomic E-state index is 0.217. The quantitative estimate of drug-likeness (QED) is 0.710. The van der Waals surface area contributed by atoms with E-state index in [0.717, 1.165) is 12.1 Å². The van der Waals surface area contributed by atoms with E-state index in [2.05, 4.69) is 24.9 Å². The summed E-state index contributed by atoms with van der Waals surface area (Å²) in [5, 5.41) is 0. The lowest BCUT2D eigenvalue weighted by Gasteiger charge is -2.33. The topological polar surface area (TPSA) is 29.5 Å². The Kier molecular flexibility index (Phi) is 6.45. The summed E-state index contributed by atoms with van der Waals surface area (Å²) in [5.74, 6) is 0.0888. The zero-order valence-corrected chi connectivity index (χ0v) is 16.0. The summed E-state index contributed by atoms with van der Waals surface area (Å²) in [6.07, 6.45) is 6.67. The first kappa shape index (κ1) is 19.0. The molecule has 1 unspecified atom stereocenters. The first-order valence-electron chi connectivity index (χ1n) is 9.30. The van der Waals surface area contributed by atoms with Gasteiger partial charge in [0.05, 0.1) is 5.56 Å². The molecule has 1 aromatic carbocycles. The lowest BCUT2D eigenvalue weighted by atomic mass is 9.91. The Morgan fingerprint density at radius 2 is 1.83 bits per heavy atom. The maximum absolute atomic E-state index is 12.5. The Labute approximate surface area is 147 Å². The molecule has 1 atom stereocenters. The van der Waals surface area contributed by atoms with Crippen molar-refractivity contribution in [1.29, 1.82) is 0 Å². The second-order valence-corrected chi connectivity index (χ2v) is 8.22. The molecule has 1 fully saturated rings. The number of hydrogen-bond acceptors (Lipinski definition) is 3. The van der Waals surface area contributed by atoms with E-state index in [9.17, 15) is 4.79 Å². The molecule has 0 saturated heterocycles. The Balaban J connectivity index is 2.08. The molecule has 1 saturated carbocycles. The average molecular weight is 332 g/mol. The van der Waals surface area contributed by atoms with Gasteiger partial charge in [0.1, 0.15) is 5.60 Å². The number of likely N-dealkylation sites (N-methyl/N-ethyl adjacent to an activating group) is 1. The molecule has 3 heteroatoms. The molecular formula is C21H33NO2. The van der Waals surface area contributed by atoms with Crippen LogP contribution in [0, 0.1) is 0 Å². The lowest BCUT2D eigenvalue weighted by Crippen LogP contribution is -2.36. The van der Waals surface area contributed by atoms with E-state index in [1.807, 2.05) is 39.0 Å². The van der Waals surface area contributed by atoms with Crippen molar-refractivity contribution < 1.29 is 9.53 Å². The lowest BCUT2D eigenvalue weighted by molar-refractivity contribution is 0.00676. The maximum atomic E-state index is 12.5. The summed E-state index contributed by atoms with van der Waals surface area (Å²) in [4.78, 5) is 15.0. The molecular weight excluding hydrogens is 298 g/mol. The molecule has 0 heterocycles. The predicted octanol–water partition coefficient (Wildman–Crippen LogP) is 5.01. The number of benzene rings is 1. The Morgan fingerprint density at radius 3 is 2.46 bits per heavy atom. The van der Waals surface area contributed by atoms with Gasteiger partial charge in [0, 0.05) is 12.6 Å². The second-order valence-electron chi connectivity index (χ2n) is 8.22. The van der Waals surface area contributed by atoms with Crippen molar-refractivity contribution in [3.63, 3.8) is 0 Å². The first-order chi connectivity index (χ1) is 11.3. The Hall–Kier alpha value is -1.35. The van der Waals surface area contributed by atoms with Crippen molar-refractivity contribution in [2.75, 3.05) is 13.6 Å². The SMILES string of the molecule is CC(CN(C)C1CCCCC1)c1ccccc1C(=O)OC(C)(C)C. The molecule has 0 spiro atoms. The van der Waals surface area contributed by atoms with Crippen molar-refractivity contribution in [1.82, 2.24) is 4.90 Å². The van der Waals surface area contributed by atoms with Crippen LogP contribution < -0.4 is 0 Å². The van der Waals surface area contributed by atoms with Gasteiger partial charge in [-0.25, -0.2) is 4.79 Å². The maximum Gasteiger partial charge on any atom is 0.338 e. The van der Waals surface area contributed by atoms with Crippen LogP contribution in [0.3, 0.4) is 0 Å². The fourth-order valence-corrected chi connectivity index (χ4v) is 3.65. The van der Waals surface area contributed by atoms with E-state index in [4.69, 9.17) is 4.74 Å². The molecule has 0 radical (unpaired) electrons. The van der Waals surface area contributed by atoms with Crippen LogP contribution in [0.4, 0.5) is 0 Å². The van der Waals surface area contributed by atoms with Crippen molar-refractivity contribution in [2.45, 2.75) is 77.4 Å². The molecule has 0 amide bonds. The highest BCUT2D eigenvalue weighted by molar-refractivity contribution is 5.91. The van der Waals surface area contributed by atoms with Crippen LogP contribution in [0.5, 0.6) is 0 Å². The summed E-state index contributed by atoms with van der Waals surface area (Å²) in [7, 11) is 2.22. The monoisotopic (exact) mass is 331 g/mol. The van der Waals surface area contributed by atoms with Gasteiger partial charge in [-0.3, -0.25) is 0 Å². The van der Waals surface area contributed by atoms with Crippen molar-refractivity contribution in [3.8, 4) is 0 Å². The summed E-state index contributed by atoms with van der Waals surface area (Å²) in [6.45, 7) is 8.92. The Bertz CT molecular complexity index is 541. The van der Waals surface area contributed by atoms with E-state index < -0.39 is 5.60 Å². The summed E-state index contributed by atoms with van der Waals surface area (Å²) in [5.41, 5.74) is 1.33. The molecule has 1 aliphatic carbocycles. The standard InChI is InChI=1S/C21H33NO2/c1-16(15-22(5)17-11-7-6-8-12-17)18-13-9-10-14-19(18)20(23)24-21(2,3)4/h9-10,13-14,16-17H,6-8,11-12,15H2,1-5H3. The smallest absolute Gasteiger partial charge is 0.338 e. The van der Waals surface area contributed by atoms with Crippen LogP contribution >= 0.6 is 0 Å². The fourth-order valence-electron chi connectivity index (χ4n) is 3.65. The summed E-state index contributed by atoms with van der Waals surface area (Å²) >= 11 is 0. The predicted molar refractivity (Wildman–Crippen MR) is 99.5 cm³/mol. The third-order valence-electron chi connectivity index (χ3n) is 4.87. The highest BCUT2D eigenvalue weighted by Gasteiger charge is 2.24. The molecule has 1 aromatic rings. The molecule has 134 valence electrons. The number of esters is 1. The highest BCUT2D eigenvalue weighted by Crippen LogP contribution is 2.27. The molecule has 1 aliphatic rings. The van der Waals surface area contributed by atoms with Gasteiger partial charge in [-0.2, -0.15) is 0 Å². The molecule has 0 N–H and O–H groups in total. The van der Waals surface area contributed by atoms with Crippen LogP contribution in [-0.2, 0) is 4.74 Å². The normalized spacial score (nSPS) is 17.8. The molecule has 0 aromatic heterocycles. The highest BCUT2D eigenvalue weighted by atomic mass is 16.6. The largest absolute Gasteiger partial charge is 0.456 e. The van der Waals surface area contributed by atoms with Crippen LogP contribution in [0.1, 0.15) is 81.6 Å². The second kappa shape index (κ2) is 8.15. The molecule has 3 nitrogen and oxygen atoms in total. The summed E-state index contributed by atoms with van der Waals surface area (Å²) in [6, 6.07) is 8.58. The van der Waals surface area contributed by atoms with Crippen LogP contribution in [0.2, 0.25) is 0 Å².